The lowest BCUT2D eigenvalue weighted by atomic mass is 10.1. The first-order chi connectivity index (χ1) is 14.4. The molecule has 150 valence electrons. The Balaban J connectivity index is 1.77. The number of benzene rings is 1. The number of amides is 2. The second-order valence-corrected chi connectivity index (χ2v) is 7.61. The molecule has 8 heteroatoms. The molecule has 0 unspecified atom stereocenters. The number of carbonyl (C=O) groups excluding carboxylic acids is 2. The van der Waals surface area contributed by atoms with Crippen LogP contribution in [0.25, 0.3) is 11.9 Å². The standard InChI is InChI=1S/C22H17ClN4O2S/c1-13-10-15(14(2)26(13)19-8-3-4-9-24-19)11-18-20(28)25-22(30)27(21(18)29)17-7-5-6-16(23)12-17/h3-12H,1-2H3,(H,25,28,30)/b18-11+. The van der Waals surface area contributed by atoms with Gasteiger partial charge in [-0.3, -0.25) is 19.8 Å². The largest absolute Gasteiger partial charge is 0.303 e. The number of nitrogens with one attached hydrogen (secondary N) is 1. The number of pyridine rings is 1. The van der Waals surface area contributed by atoms with Gasteiger partial charge in [-0.1, -0.05) is 23.7 Å². The van der Waals surface area contributed by atoms with E-state index in [4.69, 9.17) is 23.8 Å². The summed E-state index contributed by atoms with van der Waals surface area (Å²) in [5, 5.41) is 3.07. The molecule has 2 amide bonds. The SMILES string of the molecule is Cc1cc(/C=C2\C(=O)NC(=S)N(c3cccc(Cl)c3)C2=O)c(C)n1-c1ccccn1. The van der Waals surface area contributed by atoms with Gasteiger partial charge in [-0.25, -0.2) is 4.98 Å². The van der Waals surface area contributed by atoms with Crippen molar-refractivity contribution in [3.8, 4) is 5.82 Å². The number of anilines is 1. The van der Waals surface area contributed by atoms with Crippen molar-refractivity contribution in [2.75, 3.05) is 4.90 Å². The molecule has 1 aromatic carbocycles. The fourth-order valence-corrected chi connectivity index (χ4v) is 3.90. The summed E-state index contributed by atoms with van der Waals surface area (Å²) >= 11 is 11.3. The van der Waals surface area contributed by atoms with Gasteiger partial charge in [0.15, 0.2) is 5.11 Å². The van der Waals surface area contributed by atoms with Gasteiger partial charge in [-0.2, -0.15) is 0 Å². The van der Waals surface area contributed by atoms with Crippen LogP contribution in [0, 0.1) is 13.8 Å². The predicted molar refractivity (Wildman–Crippen MR) is 121 cm³/mol. The van der Waals surface area contributed by atoms with Crippen LogP contribution in [0.1, 0.15) is 17.0 Å². The molecule has 0 saturated carbocycles. The third kappa shape index (κ3) is 3.53. The average molecular weight is 437 g/mol. The number of nitrogens with zero attached hydrogens (tertiary/aromatic N) is 3. The molecule has 1 N–H and O–H groups in total. The van der Waals surface area contributed by atoms with E-state index in [2.05, 4.69) is 10.3 Å². The summed E-state index contributed by atoms with van der Waals surface area (Å²) in [6, 6.07) is 14.3. The number of hydrogen-bond acceptors (Lipinski definition) is 4. The lowest BCUT2D eigenvalue weighted by Gasteiger charge is -2.29. The number of thiocarbonyl (C=S) groups is 1. The maximum atomic E-state index is 13.2. The van der Waals surface area contributed by atoms with Gasteiger partial charge in [0.2, 0.25) is 0 Å². The maximum Gasteiger partial charge on any atom is 0.270 e. The maximum absolute atomic E-state index is 13.2. The molecule has 3 aromatic rings. The highest BCUT2D eigenvalue weighted by atomic mass is 35.5. The second kappa shape index (κ2) is 7.85. The molecule has 6 nitrogen and oxygen atoms in total. The van der Waals surface area contributed by atoms with Crippen LogP contribution in [0.3, 0.4) is 0 Å². The summed E-state index contributed by atoms with van der Waals surface area (Å²) in [4.78, 5) is 31.4. The quantitative estimate of drug-likeness (QED) is 0.383. The van der Waals surface area contributed by atoms with Crippen LogP contribution in [-0.2, 0) is 9.59 Å². The number of hydrogen-bond donors (Lipinski definition) is 1. The summed E-state index contributed by atoms with van der Waals surface area (Å²) in [6.45, 7) is 3.86. The van der Waals surface area contributed by atoms with Crippen molar-refractivity contribution in [2.24, 2.45) is 0 Å². The molecule has 1 aliphatic heterocycles. The van der Waals surface area contributed by atoms with Crippen molar-refractivity contribution >= 4 is 52.5 Å². The topological polar surface area (TPSA) is 67.2 Å². The Bertz CT molecular complexity index is 1220. The Morgan fingerprint density at radius 3 is 2.60 bits per heavy atom. The van der Waals surface area contributed by atoms with Gasteiger partial charge in [0, 0.05) is 22.6 Å². The fraction of sp³-hybridized carbons (Fsp3) is 0.0909. The summed E-state index contributed by atoms with van der Waals surface area (Å²) in [6.07, 6.45) is 3.30. The minimum atomic E-state index is -0.536. The molecule has 0 spiro atoms. The molecule has 0 aliphatic carbocycles. The second-order valence-electron chi connectivity index (χ2n) is 6.79. The first-order valence-electron chi connectivity index (χ1n) is 9.14. The highest BCUT2D eigenvalue weighted by Crippen LogP contribution is 2.26. The predicted octanol–water partition coefficient (Wildman–Crippen LogP) is 3.97. The third-order valence-corrected chi connectivity index (χ3v) is 5.34. The number of aromatic nitrogens is 2. The first kappa shape index (κ1) is 20.0. The van der Waals surface area contributed by atoms with Crippen LogP contribution >= 0.6 is 23.8 Å². The van der Waals surface area contributed by atoms with E-state index < -0.39 is 11.8 Å². The summed E-state index contributed by atoms with van der Waals surface area (Å²) < 4.78 is 1.97. The van der Waals surface area contributed by atoms with Gasteiger partial charge in [0.25, 0.3) is 11.8 Å². The van der Waals surface area contributed by atoms with Gasteiger partial charge in [0.1, 0.15) is 11.4 Å². The van der Waals surface area contributed by atoms with E-state index in [1.807, 2.05) is 42.7 Å². The van der Waals surface area contributed by atoms with E-state index >= 15 is 0 Å². The number of aryl methyl sites for hydroxylation is 1. The van der Waals surface area contributed by atoms with Crippen LogP contribution in [-0.4, -0.2) is 26.5 Å². The first-order valence-corrected chi connectivity index (χ1v) is 9.93. The van der Waals surface area contributed by atoms with Crippen molar-refractivity contribution in [1.82, 2.24) is 14.9 Å². The van der Waals surface area contributed by atoms with Crippen LogP contribution in [0.5, 0.6) is 0 Å². The highest BCUT2D eigenvalue weighted by Gasteiger charge is 2.34. The third-order valence-electron chi connectivity index (χ3n) is 4.82. The van der Waals surface area contributed by atoms with Gasteiger partial charge < -0.3 is 4.57 Å². The lowest BCUT2D eigenvalue weighted by Crippen LogP contribution is -2.54. The zero-order chi connectivity index (χ0) is 21.4. The van der Waals surface area contributed by atoms with E-state index in [-0.39, 0.29) is 10.7 Å². The summed E-state index contributed by atoms with van der Waals surface area (Å²) in [5.41, 5.74) is 3.02. The molecule has 1 aliphatic rings. The summed E-state index contributed by atoms with van der Waals surface area (Å²) in [5.74, 6) is -0.280. The van der Waals surface area contributed by atoms with Crippen molar-refractivity contribution in [2.45, 2.75) is 13.8 Å². The van der Waals surface area contributed by atoms with E-state index in [1.165, 1.54) is 4.90 Å². The van der Waals surface area contributed by atoms with Gasteiger partial charge in [-0.05, 0) is 74.1 Å². The molecule has 30 heavy (non-hydrogen) atoms. The summed E-state index contributed by atoms with van der Waals surface area (Å²) in [7, 11) is 0. The smallest absolute Gasteiger partial charge is 0.270 e. The molecule has 0 radical (unpaired) electrons. The van der Waals surface area contributed by atoms with Gasteiger partial charge in [-0.15, -0.1) is 0 Å². The molecule has 1 fully saturated rings. The van der Waals surface area contributed by atoms with Crippen molar-refractivity contribution in [1.29, 1.82) is 0 Å². The molecule has 3 heterocycles. The number of halogens is 1. The van der Waals surface area contributed by atoms with Gasteiger partial charge in [0.05, 0.1) is 5.69 Å². The molecule has 1 saturated heterocycles. The van der Waals surface area contributed by atoms with Crippen molar-refractivity contribution in [3.05, 3.63) is 82.3 Å². The van der Waals surface area contributed by atoms with Crippen LogP contribution in [0.4, 0.5) is 5.69 Å². The van der Waals surface area contributed by atoms with E-state index in [1.54, 1.807) is 36.5 Å². The van der Waals surface area contributed by atoms with Crippen molar-refractivity contribution < 1.29 is 9.59 Å². The zero-order valence-electron chi connectivity index (χ0n) is 16.2. The Hall–Kier alpha value is -3.29. The fourth-order valence-electron chi connectivity index (χ4n) is 3.43. The van der Waals surface area contributed by atoms with E-state index in [0.29, 0.717) is 10.7 Å². The Kier molecular flexibility index (Phi) is 5.24. The minimum Gasteiger partial charge on any atom is -0.303 e. The molecule has 2 aromatic heterocycles. The molecular formula is C22H17ClN4O2S. The molecule has 0 atom stereocenters. The molecule has 0 bridgehead atoms. The van der Waals surface area contributed by atoms with Crippen LogP contribution in [0.2, 0.25) is 5.02 Å². The Morgan fingerprint density at radius 1 is 1.10 bits per heavy atom. The van der Waals surface area contributed by atoms with Crippen molar-refractivity contribution in [3.63, 3.8) is 0 Å². The van der Waals surface area contributed by atoms with Crippen LogP contribution in [0.15, 0.2) is 60.3 Å². The minimum absolute atomic E-state index is 0.00940. The number of carbonyl (C=O) groups is 2. The average Bonchev–Trinajstić information content (AvgIpc) is 2.99. The molecule has 4 rings (SSSR count). The molecular weight excluding hydrogens is 420 g/mol. The van der Waals surface area contributed by atoms with Gasteiger partial charge >= 0.3 is 0 Å². The highest BCUT2D eigenvalue weighted by molar-refractivity contribution is 7.80. The Morgan fingerprint density at radius 2 is 1.90 bits per heavy atom. The Labute approximate surface area is 183 Å². The lowest BCUT2D eigenvalue weighted by molar-refractivity contribution is -0.122. The monoisotopic (exact) mass is 436 g/mol. The zero-order valence-corrected chi connectivity index (χ0v) is 17.8. The van der Waals surface area contributed by atoms with E-state index in [9.17, 15) is 9.59 Å². The number of rotatable bonds is 3. The normalized spacial score (nSPS) is 15.6. The van der Waals surface area contributed by atoms with Crippen LogP contribution < -0.4 is 10.2 Å². The van der Waals surface area contributed by atoms with E-state index in [0.717, 1.165) is 22.8 Å².